The highest BCUT2D eigenvalue weighted by Gasteiger charge is 2.27. The zero-order valence-electron chi connectivity index (χ0n) is 11.8. The molecular formula is C14H18Cl2N4O. The van der Waals surface area contributed by atoms with Crippen LogP contribution in [0.4, 0.5) is 0 Å². The summed E-state index contributed by atoms with van der Waals surface area (Å²) in [5.41, 5.74) is 6.32. The molecule has 21 heavy (non-hydrogen) atoms. The Balaban J connectivity index is 1.78. The second-order valence-electron chi connectivity index (χ2n) is 4.97. The van der Waals surface area contributed by atoms with E-state index in [4.69, 9.17) is 28.9 Å². The summed E-state index contributed by atoms with van der Waals surface area (Å²) in [6, 6.07) is 5.29. The van der Waals surface area contributed by atoms with Gasteiger partial charge in [-0.05, 0) is 31.0 Å². The molecule has 1 aliphatic rings. The fourth-order valence-electron chi connectivity index (χ4n) is 1.84. The van der Waals surface area contributed by atoms with E-state index in [-0.39, 0.29) is 5.91 Å². The molecule has 0 bridgehead atoms. The van der Waals surface area contributed by atoms with Crippen molar-refractivity contribution in [2.24, 2.45) is 10.7 Å². The highest BCUT2D eigenvalue weighted by Crippen LogP contribution is 2.24. The molecule has 1 aliphatic carbocycles. The molecule has 0 saturated heterocycles. The monoisotopic (exact) mass is 328 g/mol. The predicted molar refractivity (Wildman–Crippen MR) is 86.1 cm³/mol. The van der Waals surface area contributed by atoms with Crippen molar-refractivity contribution in [3.8, 4) is 0 Å². The van der Waals surface area contributed by atoms with Crippen molar-refractivity contribution >= 4 is 35.1 Å². The van der Waals surface area contributed by atoms with Crippen LogP contribution in [0.1, 0.15) is 23.2 Å². The molecule has 5 nitrogen and oxygen atoms in total. The van der Waals surface area contributed by atoms with Crippen molar-refractivity contribution in [3.63, 3.8) is 0 Å². The first kappa shape index (κ1) is 15.9. The zero-order valence-corrected chi connectivity index (χ0v) is 13.3. The molecule has 0 aromatic heterocycles. The fraction of sp³-hybridized carbons (Fsp3) is 0.429. The molecular weight excluding hydrogens is 311 g/mol. The molecule has 0 atom stereocenters. The molecule has 1 amide bonds. The minimum absolute atomic E-state index is 0.210. The van der Waals surface area contributed by atoms with Crippen molar-refractivity contribution in [3.05, 3.63) is 33.8 Å². The maximum atomic E-state index is 11.9. The van der Waals surface area contributed by atoms with Crippen molar-refractivity contribution in [1.82, 2.24) is 10.2 Å². The number of hydrogen-bond acceptors (Lipinski definition) is 2. The molecule has 0 radical (unpaired) electrons. The Labute approximate surface area is 134 Å². The second kappa shape index (κ2) is 7.00. The van der Waals surface area contributed by atoms with Gasteiger partial charge in [0, 0.05) is 25.2 Å². The van der Waals surface area contributed by atoms with Crippen LogP contribution in [0.15, 0.2) is 23.2 Å². The average molecular weight is 329 g/mol. The first-order chi connectivity index (χ1) is 9.99. The SMILES string of the molecule is CN(C(N)=NCCNC(=O)c1ccc(Cl)c(Cl)c1)C1CC1. The van der Waals surface area contributed by atoms with Gasteiger partial charge < -0.3 is 16.0 Å². The molecule has 114 valence electrons. The van der Waals surface area contributed by atoms with E-state index in [0.717, 1.165) is 0 Å². The Bertz CT molecular complexity index is 558. The van der Waals surface area contributed by atoms with Crippen molar-refractivity contribution in [1.29, 1.82) is 0 Å². The zero-order chi connectivity index (χ0) is 15.4. The molecule has 1 aromatic carbocycles. The van der Waals surface area contributed by atoms with Crippen LogP contribution in [0, 0.1) is 0 Å². The van der Waals surface area contributed by atoms with Crippen molar-refractivity contribution in [2.45, 2.75) is 18.9 Å². The van der Waals surface area contributed by atoms with Gasteiger partial charge in [0.15, 0.2) is 5.96 Å². The van der Waals surface area contributed by atoms with Gasteiger partial charge in [-0.25, -0.2) is 0 Å². The predicted octanol–water partition coefficient (Wildman–Crippen LogP) is 2.13. The summed E-state index contributed by atoms with van der Waals surface area (Å²) in [5, 5.41) is 3.55. The van der Waals surface area contributed by atoms with Gasteiger partial charge in [-0.3, -0.25) is 9.79 Å². The van der Waals surface area contributed by atoms with Gasteiger partial charge in [0.25, 0.3) is 5.91 Å². The number of benzene rings is 1. The molecule has 0 spiro atoms. The second-order valence-corrected chi connectivity index (χ2v) is 5.78. The summed E-state index contributed by atoms with van der Waals surface area (Å²) >= 11 is 11.7. The number of rotatable bonds is 5. The van der Waals surface area contributed by atoms with E-state index in [1.165, 1.54) is 18.9 Å². The molecule has 0 aliphatic heterocycles. The van der Waals surface area contributed by atoms with E-state index in [2.05, 4.69) is 10.3 Å². The van der Waals surface area contributed by atoms with Crippen LogP contribution in [0.2, 0.25) is 10.0 Å². The van der Waals surface area contributed by atoms with Crippen LogP contribution in [-0.4, -0.2) is 42.9 Å². The first-order valence-corrected chi connectivity index (χ1v) is 7.50. The van der Waals surface area contributed by atoms with Crippen LogP contribution < -0.4 is 11.1 Å². The Kier molecular flexibility index (Phi) is 5.31. The van der Waals surface area contributed by atoms with E-state index in [1.54, 1.807) is 12.1 Å². The normalized spacial score (nSPS) is 14.9. The van der Waals surface area contributed by atoms with Crippen LogP contribution in [0.5, 0.6) is 0 Å². The van der Waals surface area contributed by atoms with E-state index in [0.29, 0.717) is 40.7 Å². The van der Waals surface area contributed by atoms with E-state index in [9.17, 15) is 4.79 Å². The van der Waals surface area contributed by atoms with Gasteiger partial charge in [0.1, 0.15) is 0 Å². The molecule has 0 heterocycles. The molecule has 1 aromatic rings. The molecule has 0 unspecified atom stereocenters. The summed E-state index contributed by atoms with van der Waals surface area (Å²) in [6.07, 6.45) is 2.33. The number of halogens is 2. The Hall–Kier alpha value is -1.46. The number of amides is 1. The number of hydrogen-bond donors (Lipinski definition) is 2. The van der Waals surface area contributed by atoms with Crippen LogP contribution in [-0.2, 0) is 0 Å². The van der Waals surface area contributed by atoms with Crippen molar-refractivity contribution in [2.75, 3.05) is 20.1 Å². The third kappa shape index (κ3) is 4.51. The van der Waals surface area contributed by atoms with Gasteiger partial charge in [0.05, 0.1) is 16.6 Å². The van der Waals surface area contributed by atoms with E-state index < -0.39 is 0 Å². The van der Waals surface area contributed by atoms with Crippen LogP contribution in [0.25, 0.3) is 0 Å². The molecule has 7 heteroatoms. The number of guanidine groups is 1. The Morgan fingerprint density at radius 2 is 2.14 bits per heavy atom. The summed E-state index contributed by atoms with van der Waals surface area (Å²) < 4.78 is 0. The number of carbonyl (C=O) groups is 1. The maximum Gasteiger partial charge on any atom is 0.251 e. The maximum absolute atomic E-state index is 11.9. The van der Waals surface area contributed by atoms with Gasteiger partial charge >= 0.3 is 0 Å². The smallest absolute Gasteiger partial charge is 0.251 e. The van der Waals surface area contributed by atoms with Gasteiger partial charge in [-0.1, -0.05) is 23.2 Å². The Morgan fingerprint density at radius 3 is 2.76 bits per heavy atom. The molecule has 2 rings (SSSR count). The number of nitrogens with zero attached hydrogens (tertiary/aromatic N) is 2. The van der Waals surface area contributed by atoms with Gasteiger partial charge in [-0.2, -0.15) is 0 Å². The minimum Gasteiger partial charge on any atom is -0.370 e. The van der Waals surface area contributed by atoms with Crippen LogP contribution in [0.3, 0.4) is 0 Å². The van der Waals surface area contributed by atoms with Crippen LogP contribution >= 0.6 is 23.2 Å². The highest BCUT2D eigenvalue weighted by atomic mass is 35.5. The largest absolute Gasteiger partial charge is 0.370 e. The average Bonchev–Trinajstić information content (AvgIpc) is 3.29. The lowest BCUT2D eigenvalue weighted by atomic mass is 10.2. The number of nitrogens with two attached hydrogens (primary N) is 1. The molecule has 1 saturated carbocycles. The molecule has 3 N–H and O–H groups in total. The lowest BCUT2D eigenvalue weighted by Crippen LogP contribution is -2.36. The standard InChI is InChI=1S/C14H18Cl2N4O/c1-20(10-3-4-10)14(17)19-7-6-18-13(21)9-2-5-11(15)12(16)8-9/h2,5,8,10H,3-4,6-7H2,1H3,(H2,17,19)(H,18,21). The van der Waals surface area contributed by atoms with E-state index in [1.807, 2.05) is 11.9 Å². The summed E-state index contributed by atoms with van der Waals surface area (Å²) in [5.74, 6) is 0.305. The van der Waals surface area contributed by atoms with Gasteiger partial charge in [-0.15, -0.1) is 0 Å². The third-order valence-corrected chi connectivity index (χ3v) is 4.05. The lowest BCUT2D eigenvalue weighted by Gasteiger charge is -2.16. The number of nitrogens with one attached hydrogen (secondary N) is 1. The van der Waals surface area contributed by atoms with Gasteiger partial charge in [0.2, 0.25) is 0 Å². The fourth-order valence-corrected chi connectivity index (χ4v) is 2.14. The quantitative estimate of drug-likeness (QED) is 0.494. The minimum atomic E-state index is -0.210. The summed E-state index contributed by atoms with van der Waals surface area (Å²) in [7, 11) is 1.94. The number of carbonyl (C=O) groups excluding carboxylic acids is 1. The van der Waals surface area contributed by atoms with E-state index >= 15 is 0 Å². The number of aliphatic imine (C=N–C) groups is 1. The third-order valence-electron chi connectivity index (χ3n) is 3.31. The highest BCUT2D eigenvalue weighted by molar-refractivity contribution is 6.42. The topological polar surface area (TPSA) is 70.7 Å². The molecule has 1 fully saturated rings. The lowest BCUT2D eigenvalue weighted by molar-refractivity contribution is 0.0955. The first-order valence-electron chi connectivity index (χ1n) is 6.75. The summed E-state index contributed by atoms with van der Waals surface area (Å²) in [6.45, 7) is 0.855. The Morgan fingerprint density at radius 1 is 1.43 bits per heavy atom. The van der Waals surface area contributed by atoms with Crippen molar-refractivity contribution < 1.29 is 4.79 Å². The summed E-state index contributed by atoms with van der Waals surface area (Å²) in [4.78, 5) is 18.1.